The van der Waals surface area contributed by atoms with Crippen LogP contribution in [0.3, 0.4) is 0 Å². The maximum absolute atomic E-state index is 10.9. The lowest BCUT2D eigenvalue weighted by Crippen LogP contribution is -1.99. The highest BCUT2D eigenvalue weighted by Gasteiger charge is 2.03. The van der Waals surface area contributed by atoms with Crippen LogP contribution in [0.25, 0.3) is 0 Å². The Hall–Kier alpha value is -0.790. The molecule has 2 nitrogen and oxygen atoms in total. The van der Waals surface area contributed by atoms with Gasteiger partial charge in [0.1, 0.15) is 5.76 Å². The maximum atomic E-state index is 10.9. The van der Waals surface area contributed by atoms with Crippen molar-refractivity contribution in [1.29, 1.82) is 0 Å². The summed E-state index contributed by atoms with van der Waals surface area (Å²) < 4.78 is 5.22. The molecule has 92 valence electrons. The molecule has 0 atom stereocenters. The minimum absolute atomic E-state index is 0.182. The second kappa shape index (κ2) is 8.37. The van der Waals surface area contributed by atoms with Crippen LogP contribution in [0.4, 0.5) is 0 Å². The number of ether oxygens (including phenoxy) is 1. The molecule has 0 aromatic carbocycles. The first-order valence-corrected chi connectivity index (χ1v) is 6.66. The van der Waals surface area contributed by atoms with E-state index in [1.54, 1.807) is 0 Å². The second-order valence-electron chi connectivity index (χ2n) is 4.63. The van der Waals surface area contributed by atoms with Gasteiger partial charge in [-0.05, 0) is 25.3 Å². The molecule has 1 aliphatic rings. The number of hydrogen-bond acceptors (Lipinski definition) is 2. The molecule has 0 fully saturated rings. The zero-order valence-corrected chi connectivity index (χ0v) is 10.5. The van der Waals surface area contributed by atoms with Crippen molar-refractivity contribution >= 4 is 5.97 Å². The molecule has 16 heavy (non-hydrogen) atoms. The molecule has 1 rings (SSSR count). The molecular weight excluding hydrogens is 200 g/mol. The molecule has 0 aliphatic heterocycles. The monoisotopic (exact) mass is 224 g/mol. The fourth-order valence-electron chi connectivity index (χ4n) is 2.15. The Balaban J connectivity index is 2.40. The van der Waals surface area contributed by atoms with E-state index in [9.17, 15) is 4.79 Å². The van der Waals surface area contributed by atoms with Crippen molar-refractivity contribution in [2.24, 2.45) is 0 Å². The topological polar surface area (TPSA) is 26.3 Å². The van der Waals surface area contributed by atoms with Crippen LogP contribution in [0, 0.1) is 0 Å². The van der Waals surface area contributed by atoms with Crippen LogP contribution in [0.2, 0.25) is 0 Å². The molecule has 0 unspecified atom stereocenters. The van der Waals surface area contributed by atoms with E-state index in [1.165, 1.54) is 51.9 Å². The first-order valence-electron chi connectivity index (χ1n) is 6.66. The van der Waals surface area contributed by atoms with Crippen molar-refractivity contribution in [3.05, 3.63) is 11.8 Å². The van der Waals surface area contributed by atoms with Gasteiger partial charge in [0.15, 0.2) is 0 Å². The normalized spacial score (nSPS) is 20.2. The molecule has 0 saturated carbocycles. The van der Waals surface area contributed by atoms with E-state index < -0.39 is 0 Å². The number of carbonyl (C=O) groups excluding carboxylic acids is 1. The largest absolute Gasteiger partial charge is 0.432 e. The molecule has 0 heterocycles. The SMILES string of the molecule is CC(=O)OC1=CCCCCCCCCCC1. The molecule has 0 bridgehead atoms. The van der Waals surface area contributed by atoms with Gasteiger partial charge in [-0.15, -0.1) is 0 Å². The van der Waals surface area contributed by atoms with Crippen molar-refractivity contribution in [3.8, 4) is 0 Å². The van der Waals surface area contributed by atoms with Crippen LogP contribution < -0.4 is 0 Å². The summed E-state index contributed by atoms with van der Waals surface area (Å²) in [6, 6.07) is 0. The number of rotatable bonds is 1. The standard InChI is InChI=1S/C14H24O2/c1-13(15)16-14-11-9-7-5-3-2-4-6-8-10-12-14/h11H,2-10,12H2,1H3. The van der Waals surface area contributed by atoms with E-state index >= 15 is 0 Å². The number of allylic oxidation sites excluding steroid dienone is 2. The van der Waals surface area contributed by atoms with Crippen LogP contribution in [-0.2, 0) is 9.53 Å². The van der Waals surface area contributed by atoms with Crippen molar-refractivity contribution in [1.82, 2.24) is 0 Å². The van der Waals surface area contributed by atoms with Gasteiger partial charge < -0.3 is 4.74 Å². The summed E-state index contributed by atoms with van der Waals surface area (Å²) in [6.45, 7) is 1.48. The first-order chi connectivity index (χ1) is 7.79. The lowest BCUT2D eigenvalue weighted by Gasteiger charge is -2.09. The molecule has 0 N–H and O–H groups in total. The van der Waals surface area contributed by atoms with Crippen molar-refractivity contribution in [2.75, 3.05) is 0 Å². The Bertz CT molecular complexity index is 231. The molecule has 0 saturated heterocycles. The minimum Gasteiger partial charge on any atom is -0.432 e. The summed E-state index contributed by atoms with van der Waals surface area (Å²) in [6.07, 6.45) is 14.5. The zero-order chi connectivity index (χ0) is 11.6. The van der Waals surface area contributed by atoms with Crippen molar-refractivity contribution in [2.45, 2.75) is 71.1 Å². The van der Waals surface area contributed by atoms with E-state index in [2.05, 4.69) is 6.08 Å². The second-order valence-corrected chi connectivity index (χ2v) is 4.63. The fraction of sp³-hybridized carbons (Fsp3) is 0.786. The Labute approximate surface area is 99.1 Å². The van der Waals surface area contributed by atoms with Crippen molar-refractivity contribution in [3.63, 3.8) is 0 Å². The van der Waals surface area contributed by atoms with E-state index in [-0.39, 0.29) is 5.97 Å². The molecule has 0 aromatic heterocycles. The van der Waals surface area contributed by atoms with Gasteiger partial charge in [-0.1, -0.05) is 38.5 Å². The van der Waals surface area contributed by atoms with Crippen LogP contribution in [0.5, 0.6) is 0 Å². The zero-order valence-electron chi connectivity index (χ0n) is 10.5. The highest BCUT2D eigenvalue weighted by Crippen LogP contribution is 2.17. The molecule has 0 aromatic rings. The lowest BCUT2D eigenvalue weighted by atomic mass is 10.0. The van der Waals surface area contributed by atoms with Gasteiger partial charge in [0, 0.05) is 13.3 Å². The smallest absolute Gasteiger partial charge is 0.307 e. The molecule has 2 heteroatoms. The molecule has 0 spiro atoms. The van der Waals surface area contributed by atoms with Crippen LogP contribution in [0.1, 0.15) is 71.1 Å². The minimum atomic E-state index is -0.182. The number of hydrogen-bond donors (Lipinski definition) is 0. The van der Waals surface area contributed by atoms with E-state index in [0.717, 1.165) is 25.0 Å². The van der Waals surface area contributed by atoms with Crippen LogP contribution >= 0.6 is 0 Å². The molecule has 0 radical (unpaired) electrons. The average molecular weight is 224 g/mol. The Morgan fingerprint density at radius 1 is 1.00 bits per heavy atom. The predicted octanol–water partition coefficient (Wildman–Crippen LogP) is 4.35. The fourth-order valence-corrected chi connectivity index (χ4v) is 2.15. The van der Waals surface area contributed by atoms with Crippen LogP contribution in [-0.4, -0.2) is 5.97 Å². The average Bonchev–Trinajstić information content (AvgIpc) is 2.21. The Kier molecular flexibility index (Phi) is 6.95. The van der Waals surface area contributed by atoms with Gasteiger partial charge in [-0.25, -0.2) is 0 Å². The molecule has 1 aliphatic carbocycles. The quantitative estimate of drug-likeness (QED) is 0.619. The van der Waals surface area contributed by atoms with Gasteiger partial charge >= 0.3 is 5.97 Å². The molecular formula is C14H24O2. The molecule has 0 amide bonds. The van der Waals surface area contributed by atoms with Crippen LogP contribution in [0.15, 0.2) is 11.8 Å². The van der Waals surface area contributed by atoms with Gasteiger partial charge in [-0.2, -0.15) is 0 Å². The summed E-state index contributed by atoms with van der Waals surface area (Å²) in [4.78, 5) is 10.9. The van der Waals surface area contributed by atoms with E-state index in [0.29, 0.717) is 0 Å². The number of esters is 1. The van der Waals surface area contributed by atoms with Gasteiger partial charge in [0.05, 0.1) is 0 Å². The highest BCUT2D eigenvalue weighted by atomic mass is 16.5. The maximum Gasteiger partial charge on any atom is 0.307 e. The summed E-state index contributed by atoms with van der Waals surface area (Å²) in [5, 5.41) is 0. The third kappa shape index (κ3) is 6.65. The summed E-state index contributed by atoms with van der Waals surface area (Å²) in [5.41, 5.74) is 0. The third-order valence-electron chi connectivity index (χ3n) is 3.02. The number of carbonyl (C=O) groups is 1. The first kappa shape index (κ1) is 13.3. The highest BCUT2D eigenvalue weighted by molar-refractivity contribution is 5.67. The summed E-state index contributed by atoms with van der Waals surface area (Å²) in [5.74, 6) is 0.714. The Morgan fingerprint density at radius 2 is 1.56 bits per heavy atom. The summed E-state index contributed by atoms with van der Waals surface area (Å²) in [7, 11) is 0. The third-order valence-corrected chi connectivity index (χ3v) is 3.02. The summed E-state index contributed by atoms with van der Waals surface area (Å²) >= 11 is 0. The lowest BCUT2D eigenvalue weighted by molar-refractivity contribution is -0.137. The van der Waals surface area contributed by atoms with E-state index in [1.807, 2.05) is 0 Å². The van der Waals surface area contributed by atoms with Gasteiger partial charge in [0.2, 0.25) is 0 Å². The van der Waals surface area contributed by atoms with Crippen molar-refractivity contribution < 1.29 is 9.53 Å². The Morgan fingerprint density at radius 3 is 2.19 bits per heavy atom. The predicted molar refractivity (Wildman–Crippen MR) is 66.0 cm³/mol. The van der Waals surface area contributed by atoms with Gasteiger partial charge in [-0.3, -0.25) is 4.79 Å². The van der Waals surface area contributed by atoms with E-state index in [4.69, 9.17) is 4.74 Å². The van der Waals surface area contributed by atoms with Gasteiger partial charge in [0.25, 0.3) is 0 Å².